The topological polar surface area (TPSA) is 128 Å². The SMILES string of the molecule is CC(C)(C)OC(=O)NCc1cccc(O)c1.O=C(O)NCc1cccc(O)c1. The van der Waals surface area contributed by atoms with Crippen molar-refractivity contribution in [3.8, 4) is 11.5 Å². The summed E-state index contributed by atoms with van der Waals surface area (Å²) in [6.45, 7) is 5.97. The van der Waals surface area contributed by atoms with E-state index >= 15 is 0 Å². The van der Waals surface area contributed by atoms with Crippen molar-refractivity contribution in [3.63, 3.8) is 0 Å². The average molecular weight is 390 g/mol. The van der Waals surface area contributed by atoms with Crippen molar-refractivity contribution in [1.82, 2.24) is 10.6 Å². The monoisotopic (exact) mass is 390 g/mol. The number of amides is 2. The molecule has 2 aromatic rings. The Morgan fingerprint density at radius 1 is 0.893 bits per heavy atom. The van der Waals surface area contributed by atoms with Crippen molar-refractivity contribution in [2.24, 2.45) is 0 Å². The van der Waals surface area contributed by atoms with Crippen LogP contribution in [0.5, 0.6) is 11.5 Å². The Balaban J connectivity index is 0.000000292. The Bertz CT molecular complexity index is 786. The zero-order valence-corrected chi connectivity index (χ0v) is 16.1. The van der Waals surface area contributed by atoms with Gasteiger partial charge in [-0.3, -0.25) is 0 Å². The van der Waals surface area contributed by atoms with Gasteiger partial charge in [0, 0.05) is 13.1 Å². The lowest BCUT2D eigenvalue weighted by Gasteiger charge is -2.19. The first-order valence-electron chi connectivity index (χ1n) is 8.54. The number of hydrogen-bond donors (Lipinski definition) is 5. The number of carboxylic acid groups (broad SMARTS) is 1. The summed E-state index contributed by atoms with van der Waals surface area (Å²) in [6, 6.07) is 13.1. The highest BCUT2D eigenvalue weighted by Crippen LogP contribution is 2.11. The van der Waals surface area contributed by atoms with E-state index in [9.17, 15) is 14.7 Å². The van der Waals surface area contributed by atoms with Crippen molar-refractivity contribution >= 4 is 12.2 Å². The smallest absolute Gasteiger partial charge is 0.407 e. The molecular formula is C20H26N2O6. The number of rotatable bonds is 4. The maximum atomic E-state index is 11.3. The molecule has 0 spiro atoms. The van der Waals surface area contributed by atoms with Gasteiger partial charge in [-0.25, -0.2) is 9.59 Å². The number of nitrogens with one attached hydrogen (secondary N) is 2. The summed E-state index contributed by atoms with van der Waals surface area (Å²) < 4.78 is 5.08. The van der Waals surface area contributed by atoms with Gasteiger partial charge in [-0.1, -0.05) is 24.3 Å². The molecule has 2 amide bonds. The predicted molar refractivity (Wildman–Crippen MR) is 104 cm³/mol. The fraction of sp³-hybridized carbons (Fsp3) is 0.300. The number of carbonyl (C=O) groups is 2. The first-order valence-corrected chi connectivity index (χ1v) is 8.54. The Morgan fingerprint density at radius 2 is 1.36 bits per heavy atom. The van der Waals surface area contributed by atoms with Gasteiger partial charge in [0.25, 0.3) is 0 Å². The number of ether oxygens (including phenoxy) is 1. The average Bonchev–Trinajstić information content (AvgIpc) is 2.57. The van der Waals surface area contributed by atoms with Crippen LogP contribution in [0, 0.1) is 0 Å². The second kappa shape index (κ2) is 10.7. The van der Waals surface area contributed by atoms with E-state index in [0.717, 1.165) is 11.1 Å². The minimum atomic E-state index is -1.07. The summed E-state index contributed by atoms with van der Waals surface area (Å²) in [5.74, 6) is 0.322. The van der Waals surface area contributed by atoms with Crippen LogP contribution in [-0.2, 0) is 17.8 Å². The van der Waals surface area contributed by atoms with Crippen LogP contribution in [0.25, 0.3) is 0 Å². The number of benzene rings is 2. The van der Waals surface area contributed by atoms with Crippen molar-refractivity contribution in [2.45, 2.75) is 39.5 Å². The van der Waals surface area contributed by atoms with Crippen molar-refractivity contribution in [3.05, 3.63) is 59.7 Å². The van der Waals surface area contributed by atoms with Crippen molar-refractivity contribution in [2.75, 3.05) is 0 Å². The molecule has 2 aromatic carbocycles. The summed E-state index contributed by atoms with van der Waals surface area (Å²) in [7, 11) is 0. The van der Waals surface area contributed by atoms with Crippen LogP contribution in [-0.4, -0.2) is 33.1 Å². The summed E-state index contributed by atoms with van der Waals surface area (Å²) in [6.07, 6.45) is -1.53. The van der Waals surface area contributed by atoms with Crippen LogP contribution in [0.15, 0.2) is 48.5 Å². The zero-order valence-electron chi connectivity index (χ0n) is 16.1. The van der Waals surface area contributed by atoms with E-state index < -0.39 is 17.8 Å². The fourth-order valence-electron chi connectivity index (χ4n) is 2.00. The van der Waals surface area contributed by atoms with Gasteiger partial charge in [0.2, 0.25) is 0 Å². The predicted octanol–water partition coefficient (Wildman–Crippen LogP) is 3.58. The van der Waals surface area contributed by atoms with Crippen molar-refractivity contribution in [1.29, 1.82) is 0 Å². The number of phenolic OH excluding ortho intramolecular Hbond substituents is 2. The van der Waals surface area contributed by atoms with Gasteiger partial charge in [-0.05, 0) is 56.2 Å². The van der Waals surface area contributed by atoms with Crippen LogP contribution in [0.4, 0.5) is 9.59 Å². The highest BCUT2D eigenvalue weighted by Gasteiger charge is 2.15. The van der Waals surface area contributed by atoms with E-state index in [0.29, 0.717) is 6.54 Å². The summed E-state index contributed by atoms with van der Waals surface area (Å²) in [5.41, 5.74) is 1.06. The summed E-state index contributed by atoms with van der Waals surface area (Å²) in [5, 5.41) is 31.3. The molecule has 152 valence electrons. The first-order chi connectivity index (χ1) is 13.0. The molecule has 0 unspecified atom stereocenters. The molecule has 0 heterocycles. The quantitative estimate of drug-likeness (QED) is 0.543. The van der Waals surface area contributed by atoms with E-state index in [4.69, 9.17) is 14.9 Å². The summed E-state index contributed by atoms with van der Waals surface area (Å²) in [4.78, 5) is 21.4. The van der Waals surface area contributed by atoms with Gasteiger partial charge < -0.3 is 30.7 Å². The molecule has 0 aromatic heterocycles. The number of aromatic hydroxyl groups is 2. The lowest BCUT2D eigenvalue weighted by atomic mass is 10.2. The third kappa shape index (κ3) is 10.5. The van der Waals surface area contributed by atoms with Gasteiger partial charge in [0.1, 0.15) is 17.1 Å². The number of carbonyl (C=O) groups excluding carboxylic acids is 1. The molecule has 0 fully saturated rings. The Hall–Kier alpha value is -3.42. The highest BCUT2D eigenvalue weighted by molar-refractivity contribution is 5.67. The van der Waals surface area contributed by atoms with Gasteiger partial charge in [0.15, 0.2) is 0 Å². The molecule has 28 heavy (non-hydrogen) atoms. The molecule has 2 rings (SSSR count). The van der Waals surface area contributed by atoms with E-state index in [1.54, 1.807) is 51.1 Å². The third-order valence-corrected chi connectivity index (χ3v) is 3.10. The number of alkyl carbamates (subject to hydrolysis) is 1. The van der Waals surface area contributed by atoms with E-state index in [1.807, 2.05) is 6.07 Å². The van der Waals surface area contributed by atoms with Crippen LogP contribution in [0.3, 0.4) is 0 Å². The molecule has 0 bridgehead atoms. The standard InChI is InChI=1S/C12H17NO3.C8H9NO3/c1-12(2,3)16-11(15)13-8-9-5-4-6-10(14)7-9;10-7-3-1-2-6(4-7)5-9-8(11)12/h4-7,14H,8H2,1-3H3,(H,13,15);1-4,9-10H,5H2,(H,11,12). The molecule has 0 aliphatic carbocycles. The molecule has 0 atom stereocenters. The zero-order chi connectivity index (χ0) is 21.2. The largest absolute Gasteiger partial charge is 0.508 e. The molecule has 0 saturated heterocycles. The molecule has 0 aliphatic rings. The molecular weight excluding hydrogens is 364 g/mol. The lowest BCUT2D eigenvalue weighted by molar-refractivity contribution is 0.0523. The van der Waals surface area contributed by atoms with Crippen molar-refractivity contribution < 1.29 is 29.6 Å². The van der Waals surface area contributed by atoms with Crippen LogP contribution in [0.1, 0.15) is 31.9 Å². The molecule has 5 N–H and O–H groups in total. The van der Waals surface area contributed by atoms with Crippen LogP contribution in [0.2, 0.25) is 0 Å². The number of hydrogen-bond acceptors (Lipinski definition) is 5. The second-order valence-electron chi connectivity index (χ2n) is 6.85. The molecule has 0 saturated carbocycles. The highest BCUT2D eigenvalue weighted by atomic mass is 16.6. The molecule has 8 nitrogen and oxygen atoms in total. The van der Waals surface area contributed by atoms with Gasteiger partial charge >= 0.3 is 12.2 Å². The minimum absolute atomic E-state index is 0.139. The third-order valence-electron chi connectivity index (χ3n) is 3.10. The Kier molecular flexibility index (Phi) is 8.61. The molecule has 0 aliphatic heterocycles. The maximum absolute atomic E-state index is 11.3. The molecule has 0 radical (unpaired) electrons. The van der Waals surface area contributed by atoms with Gasteiger partial charge in [-0.15, -0.1) is 0 Å². The normalized spacial score (nSPS) is 10.2. The second-order valence-corrected chi connectivity index (χ2v) is 6.85. The Morgan fingerprint density at radius 3 is 1.75 bits per heavy atom. The first kappa shape index (κ1) is 22.6. The van der Waals surface area contributed by atoms with Crippen LogP contribution >= 0.6 is 0 Å². The van der Waals surface area contributed by atoms with E-state index in [1.165, 1.54) is 12.1 Å². The Labute approximate surface area is 163 Å². The molecule has 8 heteroatoms. The van der Waals surface area contributed by atoms with Crippen LogP contribution < -0.4 is 10.6 Å². The lowest BCUT2D eigenvalue weighted by Crippen LogP contribution is -2.32. The number of phenols is 2. The van der Waals surface area contributed by atoms with E-state index in [-0.39, 0.29) is 18.0 Å². The van der Waals surface area contributed by atoms with Gasteiger partial charge in [0.05, 0.1) is 0 Å². The summed E-state index contributed by atoms with van der Waals surface area (Å²) >= 11 is 0. The van der Waals surface area contributed by atoms with Gasteiger partial charge in [-0.2, -0.15) is 0 Å². The maximum Gasteiger partial charge on any atom is 0.407 e. The van der Waals surface area contributed by atoms with E-state index in [2.05, 4.69) is 10.6 Å². The fourth-order valence-corrected chi connectivity index (χ4v) is 2.00. The minimum Gasteiger partial charge on any atom is -0.508 e.